The van der Waals surface area contributed by atoms with Gasteiger partial charge in [0.1, 0.15) is 17.9 Å². The fraction of sp³-hybridized carbons (Fsp3) is 0.550. The van der Waals surface area contributed by atoms with Gasteiger partial charge in [-0.25, -0.2) is 0 Å². The van der Waals surface area contributed by atoms with Crippen molar-refractivity contribution in [1.82, 2.24) is 19.7 Å². The third kappa shape index (κ3) is 4.06. The number of hydrogen-bond acceptors (Lipinski definition) is 4. The second-order valence-corrected chi connectivity index (χ2v) is 7.47. The third-order valence-corrected chi connectivity index (χ3v) is 5.22. The molecule has 1 aromatic heterocycles. The molecule has 2 heterocycles. The van der Waals surface area contributed by atoms with Crippen LogP contribution in [-0.4, -0.2) is 45.3 Å². The van der Waals surface area contributed by atoms with E-state index in [4.69, 9.17) is 4.74 Å². The van der Waals surface area contributed by atoms with E-state index in [1.807, 2.05) is 42.4 Å². The van der Waals surface area contributed by atoms with Gasteiger partial charge in [0.2, 0.25) is 5.91 Å². The molecule has 0 unspecified atom stereocenters. The SMILES string of the molecule is CCOc1ccc(CC(=O)N2CC(Cc3nncn3CC3CC3)C2)cc1. The van der Waals surface area contributed by atoms with Gasteiger partial charge < -0.3 is 14.2 Å². The van der Waals surface area contributed by atoms with Crippen molar-refractivity contribution in [3.05, 3.63) is 42.0 Å². The summed E-state index contributed by atoms with van der Waals surface area (Å²) in [5, 5.41) is 8.34. The van der Waals surface area contributed by atoms with Gasteiger partial charge in [-0.15, -0.1) is 10.2 Å². The molecule has 0 atom stereocenters. The Labute approximate surface area is 154 Å². The number of carbonyl (C=O) groups is 1. The van der Waals surface area contributed by atoms with Crippen molar-refractivity contribution in [3.8, 4) is 5.75 Å². The van der Waals surface area contributed by atoms with Gasteiger partial charge >= 0.3 is 0 Å². The van der Waals surface area contributed by atoms with E-state index in [1.54, 1.807) is 0 Å². The van der Waals surface area contributed by atoms with E-state index in [-0.39, 0.29) is 5.91 Å². The number of likely N-dealkylation sites (tertiary alicyclic amines) is 1. The molecule has 2 aromatic rings. The summed E-state index contributed by atoms with van der Waals surface area (Å²) < 4.78 is 7.64. The summed E-state index contributed by atoms with van der Waals surface area (Å²) in [6, 6.07) is 7.80. The largest absolute Gasteiger partial charge is 0.494 e. The Morgan fingerprint density at radius 3 is 2.65 bits per heavy atom. The third-order valence-electron chi connectivity index (χ3n) is 5.22. The molecule has 1 aliphatic carbocycles. The standard InChI is InChI=1S/C20H26N4O2/c1-2-26-18-7-5-15(6-8-18)10-20(25)23-12-17(13-23)9-19-22-21-14-24(19)11-16-3-4-16/h5-8,14,16-17H,2-4,9-13H2,1H3. The average molecular weight is 354 g/mol. The lowest BCUT2D eigenvalue weighted by atomic mass is 9.95. The number of benzene rings is 1. The fourth-order valence-electron chi connectivity index (χ4n) is 3.49. The quantitative estimate of drug-likeness (QED) is 0.730. The second kappa shape index (κ2) is 7.48. The molecule has 138 valence electrons. The van der Waals surface area contributed by atoms with Gasteiger partial charge in [-0.2, -0.15) is 0 Å². The number of carbonyl (C=O) groups excluding carboxylic acids is 1. The lowest BCUT2D eigenvalue weighted by Gasteiger charge is -2.39. The Morgan fingerprint density at radius 2 is 1.96 bits per heavy atom. The summed E-state index contributed by atoms with van der Waals surface area (Å²) in [5.41, 5.74) is 1.03. The van der Waals surface area contributed by atoms with Crippen molar-refractivity contribution >= 4 is 5.91 Å². The van der Waals surface area contributed by atoms with Gasteiger partial charge in [0.25, 0.3) is 0 Å². The molecule has 2 aliphatic rings. The highest BCUT2D eigenvalue weighted by molar-refractivity contribution is 5.79. The van der Waals surface area contributed by atoms with Crippen LogP contribution in [0.4, 0.5) is 0 Å². The minimum absolute atomic E-state index is 0.199. The molecular weight excluding hydrogens is 328 g/mol. The van der Waals surface area contributed by atoms with Crippen LogP contribution in [0.25, 0.3) is 0 Å². The highest BCUT2D eigenvalue weighted by atomic mass is 16.5. The predicted molar refractivity (Wildman–Crippen MR) is 97.8 cm³/mol. The molecule has 0 spiro atoms. The molecule has 6 heteroatoms. The first-order valence-corrected chi connectivity index (χ1v) is 9.57. The van der Waals surface area contributed by atoms with Gasteiger partial charge in [0.15, 0.2) is 0 Å². The summed E-state index contributed by atoms with van der Waals surface area (Å²) in [6.45, 7) is 5.32. The van der Waals surface area contributed by atoms with E-state index in [0.717, 1.165) is 49.1 Å². The molecule has 1 aliphatic heterocycles. The van der Waals surface area contributed by atoms with E-state index in [9.17, 15) is 4.79 Å². The first-order chi connectivity index (χ1) is 12.7. The topological polar surface area (TPSA) is 60.2 Å². The second-order valence-electron chi connectivity index (χ2n) is 7.47. The Hall–Kier alpha value is -2.37. The molecule has 1 saturated carbocycles. The highest BCUT2D eigenvalue weighted by Crippen LogP contribution is 2.31. The van der Waals surface area contributed by atoms with E-state index >= 15 is 0 Å². The number of aromatic nitrogens is 3. The zero-order chi connectivity index (χ0) is 17.9. The summed E-state index contributed by atoms with van der Waals surface area (Å²) in [5.74, 6) is 3.44. The Kier molecular flexibility index (Phi) is 4.91. The first kappa shape index (κ1) is 17.1. The molecular formula is C20H26N4O2. The lowest BCUT2D eigenvalue weighted by molar-refractivity contribution is -0.136. The maximum absolute atomic E-state index is 12.4. The average Bonchev–Trinajstić information content (AvgIpc) is 3.30. The molecule has 0 N–H and O–H groups in total. The number of nitrogens with zero attached hydrogens (tertiary/aromatic N) is 4. The molecule has 4 rings (SSSR count). The van der Waals surface area contributed by atoms with Gasteiger partial charge in [0.05, 0.1) is 13.0 Å². The maximum atomic E-state index is 12.4. The molecule has 6 nitrogen and oxygen atoms in total. The number of amides is 1. The number of hydrogen-bond donors (Lipinski definition) is 0. The van der Waals surface area contributed by atoms with Crippen molar-refractivity contribution < 1.29 is 9.53 Å². The minimum atomic E-state index is 0.199. The van der Waals surface area contributed by atoms with E-state index in [2.05, 4.69) is 14.8 Å². The van der Waals surface area contributed by atoms with Crippen LogP contribution in [0.3, 0.4) is 0 Å². The Morgan fingerprint density at radius 1 is 1.19 bits per heavy atom. The molecule has 0 radical (unpaired) electrons. The molecule has 1 amide bonds. The number of rotatable bonds is 8. The van der Waals surface area contributed by atoms with Gasteiger partial charge in [-0.3, -0.25) is 4.79 Å². The van der Waals surface area contributed by atoms with Crippen LogP contribution in [0.2, 0.25) is 0 Å². The molecule has 0 bridgehead atoms. The molecule has 2 fully saturated rings. The molecule has 1 aromatic carbocycles. The van der Waals surface area contributed by atoms with Crippen LogP contribution in [0.5, 0.6) is 5.75 Å². The summed E-state index contributed by atoms with van der Waals surface area (Å²) >= 11 is 0. The van der Waals surface area contributed by atoms with Crippen LogP contribution < -0.4 is 4.74 Å². The van der Waals surface area contributed by atoms with Gasteiger partial charge in [-0.05, 0) is 43.4 Å². The fourth-order valence-corrected chi connectivity index (χ4v) is 3.49. The van der Waals surface area contributed by atoms with Crippen molar-refractivity contribution in [1.29, 1.82) is 0 Å². The maximum Gasteiger partial charge on any atom is 0.227 e. The van der Waals surface area contributed by atoms with Gasteiger partial charge in [-0.1, -0.05) is 12.1 Å². The van der Waals surface area contributed by atoms with Crippen LogP contribution in [0.1, 0.15) is 31.2 Å². The van der Waals surface area contributed by atoms with Crippen molar-refractivity contribution in [2.24, 2.45) is 11.8 Å². The predicted octanol–water partition coefficient (Wildman–Crippen LogP) is 2.33. The van der Waals surface area contributed by atoms with Gasteiger partial charge in [0, 0.05) is 32.0 Å². The van der Waals surface area contributed by atoms with Crippen LogP contribution in [0, 0.1) is 11.8 Å². The van der Waals surface area contributed by atoms with E-state index in [1.165, 1.54) is 12.8 Å². The Balaban J connectivity index is 1.24. The lowest BCUT2D eigenvalue weighted by Crippen LogP contribution is -2.51. The van der Waals surface area contributed by atoms with E-state index in [0.29, 0.717) is 18.9 Å². The summed E-state index contributed by atoms with van der Waals surface area (Å²) in [6.07, 6.45) is 5.88. The van der Waals surface area contributed by atoms with Crippen LogP contribution >= 0.6 is 0 Å². The summed E-state index contributed by atoms with van der Waals surface area (Å²) in [4.78, 5) is 14.4. The minimum Gasteiger partial charge on any atom is -0.494 e. The summed E-state index contributed by atoms with van der Waals surface area (Å²) in [7, 11) is 0. The molecule has 1 saturated heterocycles. The van der Waals surface area contributed by atoms with Crippen LogP contribution in [-0.2, 0) is 24.2 Å². The monoisotopic (exact) mass is 354 g/mol. The first-order valence-electron chi connectivity index (χ1n) is 9.57. The highest BCUT2D eigenvalue weighted by Gasteiger charge is 2.32. The number of ether oxygens (including phenoxy) is 1. The van der Waals surface area contributed by atoms with Crippen molar-refractivity contribution in [3.63, 3.8) is 0 Å². The Bertz CT molecular complexity index is 745. The van der Waals surface area contributed by atoms with Crippen molar-refractivity contribution in [2.75, 3.05) is 19.7 Å². The molecule has 26 heavy (non-hydrogen) atoms. The normalized spacial score (nSPS) is 17.2. The zero-order valence-corrected chi connectivity index (χ0v) is 15.3. The van der Waals surface area contributed by atoms with E-state index < -0.39 is 0 Å². The smallest absolute Gasteiger partial charge is 0.227 e. The van der Waals surface area contributed by atoms with Crippen molar-refractivity contribution in [2.45, 2.75) is 39.2 Å². The van der Waals surface area contributed by atoms with Crippen LogP contribution in [0.15, 0.2) is 30.6 Å². The zero-order valence-electron chi connectivity index (χ0n) is 15.3.